The van der Waals surface area contributed by atoms with Gasteiger partial charge in [0.15, 0.2) is 5.78 Å². The average molecular weight is 753 g/mol. The topological polar surface area (TPSA) is 126 Å². The Hall–Kier alpha value is -4.28. The minimum absolute atomic E-state index is 0. The van der Waals surface area contributed by atoms with Crippen LogP contribution in [0.2, 0.25) is 0 Å². The Morgan fingerprint density at radius 2 is 1.62 bits per heavy atom. The number of fused-ring (bicyclic) bond motifs is 7. The second-order valence-corrected chi connectivity index (χ2v) is 15.3. The van der Waals surface area contributed by atoms with Crippen LogP contribution in [0.25, 0.3) is 35.2 Å². The van der Waals surface area contributed by atoms with Crippen molar-refractivity contribution in [2.24, 2.45) is 23.7 Å². The van der Waals surface area contributed by atoms with Crippen LogP contribution < -0.4 is 25.7 Å². The second kappa shape index (κ2) is 17.2. The molecule has 6 rings (SSSR count). The fraction of sp³-hybridized carbons (Fsp3) is 0.444. The second-order valence-electron chi connectivity index (χ2n) is 15.3. The first-order chi connectivity index (χ1) is 25.8. The van der Waals surface area contributed by atoms with Crippen molar-refractivity contribution in [3.05, 3.63) is 102 Å². The molecule has 3 aliphatic rings. The molecule has 0 unspecified atom stereocenters. The molecule has 4 atom stereocenters. The maximum Gasteiger partial charge on any atom is 2.00 e. The zero-order valence-electron chi connectivity index (χ0n) is 33.9. The Morgan fingerprint density at radius 3 is 2.27 bits per heavy atom. The van der Waals surface area contributed by atoms with E-state index < -0.39 is 11.9 Å². The summed E-state index contributed by atoms with van der Waals surface area (Å²) in [5.74, 6) is -2.33. The zero-order valence-corrected chi connectivity index (χ0v) is 35.3. The van der Waals surface area contributed by atoms with Gasteiger partial charge in [-0.1, -0.05) is 97.9 Å². The van der Waals surface area contributed by atoms with E-state index in [2.05, 4.69) is 34.3 Å². The number of esters is 2. The number of methoxy groups -OCH3 is 1. The Morgan fingerprint density at radius 1 is 0.945 bits per heavy atom. The first kappa shape index (κ1) is 41.9. The predicted octanol–water partition coefficient (Wildman–Crippen LogP) is 6.89. The van der Waals surface area contributed by atoms with Crippen molar-refractivity contribution in [3.63, 3.8) is 0 Å². The summed E-state index contributed by atoms with van der Waals surface area (Å²) < 4.78 is 10.9. The van der Waals surface area contributed by atoms with Crippen LogP contribution >= 0.6 is 0 Å². The van der Waals surface area contributed by atoms with E-state index in [0.717, 1.165) is 62.9 Å². The number of ketones is 1. The van der Waals surface area contributed by atoms with E-state index in [4.69, 9.17) is 29.7 Å². The van der Waals surface area contributed by atoms with Gasteiger partial charge in [-0.3, -0.25) is 14.4 Å². The van der Waals surface area contributed by atoms with Crippen LogP contribution in [0.3, 0.4) is 0 Å². The van der Waals surface area contributed by atoms with Crippen molar-refractivity contribution in [2.45, 2.75) is 93.9 Å². The molecule has 0 spiro atoms. The van der Waals surface area contributed by atoms with E-state index in [1.807, 2.05) is 58.1 Å². The van der Waals surface area contributed by atoms with Crippen molar-refractivity contribution in [2.75, 3.05) is 13.7 Å². The Balaban J connectivity index is 0.00000580. The van der Waals surface area contributed by atoms with Crippen molar-refractivity contribution in [1.29, 1.82) is 0 Å². The normalized spacial score (nSPS) is 22.7. The molecule has 3 aromatic heterocycles. The largest absolute Gasteiger partial charge is 2.00 e. The van der Waals surface area contributed by atoms with Crippen LogP contribution in [-0.2, 0) is 19.1 Å². The number of hydrogen-bond acceptors (Lipinski definition) is 5. The molecule has 9 nitrogen and oxygen atoms in total. The Kier molecular flexibility index (Phi) is 13.1. The first-order valence-corrected chi connectivity index (χ1v) is 19.2. The van der Waals surface area contributed by atoms with Gasteiger partial charge in [-0.25, -0.2) is 0 Å². The molecule has 2 aliphatic heterocycles. The molecule has 0 aromatic carbocycles. The maximum absolute atomic E-state index is 14.2. The molecule has 3 aromatic rings. The number of rotatable bonds is 12. The van der Waals surface area contributed by atoms with Crippen LogP contribution in [0.5, 0.6) is 0 Å². The predicted molar refractivity (Wildman–Crippen MR) is 218 cm³/mol. The first-order valence-electron chi connectivity index (χ1n) is 19.2. The van der Waals surface area contributed by atoms with Gasteiger partial charge in [0.05, 0.1) is 7.11 Å². The summed E-state index contributed by atoms with van der Waals surface area (Å²) in [7, 11) is 1.29. The molecule has 1 fully saturated rings. The average Bonchev–Trinajstić information content (AvgIpc) is 3.88. The third-order valence-corrected chi connectivity index (χ3v) is 11.9. The van der Waals surface area contributed by atoms with Gasteiger partial charge in [0.2, 0.25) is 0 Å². The summed E-state index contributed by atoms with van der Waals surface area (Å²) in [5.41, 5.74) is 10.5. The Labute approximate surface area is 341 Å². The van der Waals surface area contributed by atoms with Gasteiger partial charge in [0, 0.05) is 12.0 Å². The SMILES string of the molecule is C=Cc1c2[n-]c(c1C)/C=C1\[N-]/C(=C3\c4[n-]c(c(C)c4C(=O)[C@@H]3C(=O)OC)/C=c3\[n-]/c(c(C)c3C)=C\2)[C@@H](CCC(=O)OC/C=C(/C)CCC[C@H](C)CC)[C@@H]1C.[Mg+2]. The molecule has 0 amide bonds. The third-order valence-electron chi connectivity index (χ3n) is 11.9. The van der Waals surface area contributed by atoms with Crippen molar-refractivity contribution in [1.82, 2.24) is 15.0 Å². The van der Waals surface area contributed by atoms with Crippen LogP contribution in [-0.4, -0.2) is 54.5 Å². The monoisotopic (exact) mass is 752 g/mol. The van der Waals surface area contributed by atoms with Gasteiger partial charge in [0.1, 0.15) is 12.5 Å². The van der Waals surface area contributed by atoms with Gasteiger partial charge in [-0.15, -0.1) is 33.5 Å². The van der Waals surface area contributed by atoms with Gasteiger partial charge in [0.25, 0.3) is 0 Å². The summed E-state index contributed by atoms with van der Waals surface area (Å²) >= 11 is 0. The van der Waals surface area contributed by atoms with Crippen LogP contribution in [0, 0.1) is 51.4 Å². The van der Waals surface area contributed by atoms with E-state index in [0.29, 0.717) is 46.1 Å². The number of carbonyl (C=O) groups excluding carboxylic acids is 3. The number of Topliss-reactive ketones (excluding diaryl/α,β-unsaturated/α-hetero) is 1. The van der Waals surface area contributed by atoms with E-state index in [1.54, 1.807) is 0 Å². The maximum atomic E-state index is 14.2. The molecule has 10 heteroatoms. The third kappa shape index (κ3) is 8.03. The molecule has 0 saturated carbocycles. The number of allylic oxidation sites excluding steroid dienone is 3. The smallest absolute Gasteiger partial charge is 0.664 e. The minimum atomic E-state index is -1.22. The van der Waals surface area contributed by atoms with Crippen LogP contribution in [0.15, 0.2) is 29.6 Å². The van der Waals surface area contributed by atoms with Gasteiger partial charge in [-0.2, -0.15) is 11.4 Å². The van der Waals surface area contributed by atoms with E-state index >= 15 is 0 Å². The molecular formula is C45H52MgN4O5-2. The number of hydrogen-bond donors (Lipinski definition) is 0. The summed E-state index contributed by atoms with van der Waals surface area (Å²) in [6.45, 7) is 20.9. The molecule has 1 aliphatic carbocycles. The van der Waals surface area contributed by atoms with Gasteiger partial charge >= 0.3 is 35.0 Å². The fourth-order valence-corrected chi connectivity index (χ4v) is 7.94. The molecule has 286 valence electrons. The summed E-state index contributed by atoms with van der Waals surface area (Å²) in [6, 6.07) is 0. The van der Waals surface area contributed by atoms with Crippen LogP contribution in [0.4, 0.5) is 0 Å². The van der Waals surface area contributed by atoms with E-state index in [9.17, 15) is 14.4 Å². The van der Waals surface area contributed by atoms with Gasteiger partial charge < -0.3 is 29.7 Å². The molecule has 8 bridgehead atoms. The molecule has 55 heavy (non-hydrogen) atoms. The summed E-state index contributed by atoms with van der Waals surface area (Å²) in [5, 5.41) is 6.73. The molecule has 5 heterocycles. The van der Waals surface area contributed by atoms with Crippen molar-refractivity contribution in [3.8, 4) is 0 Å². The summed E-state index contributed by atoms with van der Waals surface area (Å²) in [4.78, 5) is 55.9. The minimum Gasteiger partial charge on any atom is -0.664 e. The molecule has 0 radical (unpaired) electrons. The quantitative estimate of drug-likeness (QED) is 0.0848. The standard InChI is InChI=1S/C45H53N4O5.Mg/c1-11-23(3)14-13-15-24(4)18-19-54-38(50)17-16-31-28(8)35-21-34-27(7)30(12-2)37(47-34)22-33-26(6)25(5)32(46-33)20-36-29(9)39-43(49-36)40(42(31)48-35)41(44(39)51)45(52)53-10;/h12,18,20-23,28,31,41H,2,11,13-17,19H2,1,3-10H3,(H-,48,49,51);/q-3;+2/p-1/b24-18-,32-20-,33-22-,35-21-;/t23-,28+,31+,41-;/m1./s1. The van der Waals surface area contributed by atoms with Crippen molar-refractivity contribution >= 4 is 70.7 Å². The van der Waals surface area contributed by atoms with E-state index in [-0.39, 0.29) is 59.7 Å². The summed E-state index contributed by atoms with van der Waals surface area (Å²) in [6.07, 6.45) is 14.7. The molecular weight excluding hydrogens is 701 g/mol. The van der Waals surface area contributed by atoms with Crippen molar-refractivity contribution < 1.29 is 23.9 Å². The number of carbonyl (C=O) groups is 3. The zero-order chi connectivity index (χ0) is 39.0. The molecule has 1 saturated heterocycles. The molecule has 0 N–H and O–H groups in total. The van der Waals surface area contributed by atoms with E-state index in [1.165, 1.54) is 25.5 Å². The van der Waals surface area contributed by atoms with Gasteiger partial charge in [-0.05, 0) is 83.3 Å². The number of ether oxygens (including phenoxy) is 2. The number of nitrogens with zero attached hydrogens (tertiary/aromatic N) is 4. The Bertz CT molecular complexity index is 2240. The van der Waals surface area contributed by atoms with Crippen LogP contribution in [0.1, 0.15) is 127 Å². The number of aromatic nitrogens is 3. The fourth-order valence-electron chi connectivity index (χ4n) is 7.94.